The van der Waals surface area contributed by atoms with Gasteiger partial charge >= 0.3 is 5.63 Å². The number of methoxy groups -OCH3 is 2. The van der Waals surface area contributed by atoms with Gasteiger partial charge < -0.3 is 18.8 Å². The normalized spacial score (nSPS) is 10.7. The molecule has 6 heteroatoms. The van der Waals surface area contributed by atoms with Crippen molar-refractivity contribution in [2.75, 3.05) is 26.2 Å². The molecule has 0 aliphatic carbocycles. The second-order valence-corrected chi connectivity index (χ2v) is 6.48. The van der Waals surface area contributed by atoms with Crippen molar-refractivity contribution in [3.05, 3.63) is 64.0 Å². The second-order valence-electron chi connectivity index (χ2n) is 6.48. The molecule has 1 amide bonds. The Balaban J connectivity index is 1.83. The Kier molecular flexibility index (Phi) is 5.68. The van der Waals surface area contributed by atoms with E-state index in [-0.39, 0.29) is 12.3 Å². The van der Waals surface area contributed by atoms with Gasteiger partial charge in [-0.15, -0.1) is 0 Å². The van der Waals surface area contributed by atoms with E-state index in [1.807, 2.05) is 37.3 Å². The molecule has 0 N–H and O–H groups in total. The van der Waals surface area contributed by atoms with Crippen molar-refractivity contribution >= 4 is 22.6 Å². The summed E-state index contributed by atoms with van der Waals surface area (Å²) in [5, 5.41) is 0.834. The Labute approximate surface area is 163 Å². The predicted octanol–water partition coefficient (Wildman–Crippen LogP) is 3.71. The first-order valence-corrected chi connectivity index (χ1v) is 8.96. The maximum atomic E-state index is 12.7. The number of rotatable bonds is 6. The monoisotopic (exact) mass is 381 g/mol. The summed E-state index contributed by atoms with van der Waals surface area (Å²) in [6.45, 7) is 1.87. The molecule has 0 radical (unpaired) electrons. The van der Waals surface area contributed by atoms with Crippen LogP contribution in [0.25, 0.3) is 11.0 Å². The van der Waals surface area contributed by atoms with Crippen LogP contribution < -0.4 is 20.0 Å². The van der Waals surface area contributed by atoms with Crippen molar-refractivity contribution in [2.45, 2.75) is 19.8 Å². The molecule has 0 atom stereocenters. The average Bonchev–Trinajstić information content (AvgIpc) is 2.72. The third-order valence-corrected chi connectivity index (χ3v) is 4.90. The smallest absolute Gasteiger partial charge is 0.339 e. The number of nitrogens with zero attached hydrogens (tertiary/aromatic N) is 1. The van der Waals surface area contributed by atoms with Gasteiger partial charge in [0, 0.05) is 30.5 Å². The van der Waals surface area contributed by atoms with E-state index in [0.29, 0.717) is 34.8 Å². The van der Waals surface area contributed by atoms with Crippen LogP contribution in [0.2, 0.25) is 0 Å². The number of aryl methyl sites for hydroxylation is 1. The Bertz CT molecular complexity index is 1070. The van der Waals surface area contributed by atoms with E-state index in [1.54, 1.807) is 38.3 Å². The third-order valence-electron chi connectivity index (χ3n) is 4.90. The molecule has 0 unspecified atom stereocenters. The first-order valence-electron chi connectivity index (χ1n) is 8.96. The maximum absolute atomic E-state index is 12.7. The summed E-state index contributed by atoms with van der Waals surface area (Å²) < 4.78 is 15.9. The average molecular weight is 381 g/mol. The molecule has 146 valence electrons. The molecule has 2 aromatic carbocycles. The highest BCUT2D eigenvalue weighted by Crippen LogP contribution is 2.28. The molecule has 0 saturated heterocycles. The van der Waals surface area contributed by atoms with E-state index < -0.39 is 5.63 Å². The van der Waals surface area contributed by atoms with Crippen LogP contribution in [0.5, 0.6) is 11.5 Å². The van der Waals surface area contributed by atoms with Crippen molar-refractivity contribution in [3.8, 4) is 11.5 Å². The highest BCUT2D eigenvalue weighted by atomic mass is 16.5. The van der Waals surface area contributed by atoms with Gasteiger partial charge in [-0.2, -0.15) is 0 Å². The number of benzene rings is 2. The first kappa shape index (κ1) is 19.5. The van der Waals surface area contributed by atoms with E-state index in [9.17, 15) is 9.59 Å². The molecule has 1 aromatic heterocycles. The SMILES string of the molecule is COc1ccc2c(C)c(CCC(=O)N(C)c3ccccc3OC)c(=O)oc2c1. The molecule has 6 nitrogen and oxygen atoms in total. The quantitative estimate of drug-likeness (QED) is 0.609. The Morgan fingerprint density at radius 1 is 1.11 bits per heavy atom. The van der Waals surface area contributed by atoms with Gasteiger partial charge in [-0.1, -0.05) is 12.1 Å². The summed E-state index contributed by atoms with van der Waals surface area (Å²) in [6, 6.07) is 12.7. The largest absolute Gasteiger partial charge is 0.497 e. The highest BCUT2D eigenvalue weighted by Gasteiger charge is 2.18. The molecule has 3 rings (SSSR count). The fourth-order valence-electron chi connectivity index (χ4n) is 3.23. The minimum Gasteiger partial charge on any atom is -0.497 e. The van der Waals surface area contributed by atoms with E-state index in [1.165, 1.54) is 0 Å². The van der Waals surface area contributed by atoms with Crippen LogP contribution in [0.15, 0.2) is 51.7 Å². The van der Waals surface area contributed by atoms with Gasteiger partial charge in [0.1, 0.15) is 17.1 Å². The maximum Gasteiger partial charge on any atom is 0.339 e. The minimum absolute atomic E-state index is 0.113. The predicted molar refractivity (Wildman–Crippen MR) is 108 cm³/mol. The van der Waals surface area contributed by atoms with Crippen LogP contribution in [0, 0.1) is 6.92 Å². The number of para-hydroxylation sites is 2. The third kappa shape index (κ3) is 3.71. The van der Waals surface area contributed by atoms with Gasteiger partial charge in [0.15, 0.2) is 0 Å². The van der Waals surface area contributed by atoms with Crippen molar-refractivity contribution in [1.82, 2.24) is 0 Å². The number of ether oxygens (including phenoxy) is 2. The molecule has 0 bridgehead atoms. The molecule has 28 heavy (non-hydrogen) atoms. The van der Waals surface area contributed by atoms with Crippen LogP contribution in [-0.2, 0) is 11.2 Å². The van der Waals surface area contributed by atoms with E-state index in [0.717, 1.165) is 10.9 Å². The number of amides is 1. The van der Waals surface area contributed by atoms with Crippen molar-refractivity contribution in [1.29, 1.82) is 0 Å². The molecule has 3 aromatic rings. The molecule has 0 spiro atoms. The lowest BCUT2D eigenvalue weighted by Gasteiger charge is -2.20. The summed E-state index contributed by atoms with van der Waals surface area (Å²) in [5.74, 6) is 1.13. The van der Waals surface area contributed by atoms with Gasteiger partial charge in [0.2, 0.25) is 5.91 Å². The van der Waals surface area contributed by atoms with E-state index in [2.05, 4.69) is 0 Å². The van der Waals surface area contributed by atoms with Crippen molar-refractivity contribution in [2.24, 2.45) is 0 Å². The highest BCUT2D eigenvalue weighted by molar-refractivity contribution is 5.94. The summed E-state index contributed by atoms with van der Waals surface area (Å²) in [5.41, 5.74) is 2.07. The fourth-order valence-corrected chi connectivity index (χ4v) is 3.23. The number of hydrogen-bond donors (Lipinski definition) is 0. The van der Waals surface area contributed by atoms with Gasteiger partial charge in [0.25, 0.3) is 0 Å². The van der Waals surface area contributed by atoms with Crippen molar-refractivity contribution < 1.29 is 18.7 Å². The lowest BCUT2D eigenvalue weighted by Crippen LogP contribution is -2.27. The van der Waals surface area contributed by atoms with Crippen LogP contribution >= 0.6 is 0 Å². The molecule has 1 heterocycles. The van der Waals surface area contributed by atoms with E-state index in [4.69, 9.17) is 13.9 Å². The lowest BCUT2D eigenvalue weighted by molar-refractivity contribution is -0.118. The van der Waals surface area contributed by atoms with Crippen LogP contribution in [0.4, 0.5) is 5.69 Å². The molecule has 0 saturated carbocycles. The van der Waals surface area contributed by atoms with Crippen molar-refractivity contribution in [3.63, 3.8) is 0 Å². The molecule has 0 aliphatic rings. The zero-order chi connectivity index (χ0) is 20.3. The Morgan fingerprint density at radius 2 is 1.86 bits per heavy atom. The summed E-state index contributed by atoms with van der Waals surface area (Å²) in [7, 11) is 4.82. The zero-order valence-electron chi connectivity index (χ0n) is 16.4. The second kappa shape index (κ2) is 8.17. The Morgan fingerprint density at radius 3 is 2.57 bits per heavy atom. The van der Waals surface area contributed by atoms with Crippen LogP contribution in [-0.4, -0.2) is 27.2 Å². The minimum atomic E-state index is -0.425. The van der Waals surface area contributed by atoms with Gasteiger partial charge in [-0.25, -0.2) is 4.79 Å². The first-order chi connectivity index (χ1) is 13.5. The van der Waals surface area contributed by atoms with Gasteiger partial charge in [-0.05, 0) is 43.2 Å². The molecular weight excluding hydrogens is 358 g/mol. The summed E-state index contributed by atoms with van der Waals surface area (Å²) in [4.78, 5) is 26.7. The number of fused-ring (bicyclic) bond motifs is 1. The number of anilines is 1. The van der Waals surface area contributed by atoms with Gasteiger partial charge in [0.05, 0.1) is 19.9 Å². The van der Waals surface area contributed by atoms with Crippen LogP contribution in [0.3, 0.4) is 0 Å². The van der Waals surface area contributed by atoms with Gasteiger partial charge in [-0.3, -0.25) is 4.79 Å². The molecular formula is C22H23NO5. The summed E-state index contributed by atoms with van der Waals surface area (Å²) >= 11 is 0. The van der Waals surface area contributed by atoms with E-state index >= 15 is 0 Å². The molecule has 0 aliphatic heterocycles. The number of carbonyl (C=O) groups excluding carboxylic acids is 1. The zero-order valence-corrected chi connectivity index (χ0v) is 16.4. The standard InChI is InChI=1S/C22H23NO5/c1-14-16-10-9-15(26-3)13-20(16)28-22(25)17(14)11-12-21(24)23(2)18-7-5-6-8-19(18)27-4/h5-10,13H,11-12H2,1-4H3. The Hall–Kier alpha value is -3.28. The fraction of sp³-hybridized carbons (Fsp3) is 0.273. The number of carbonyl (C=O) groups is 1. The topological polar surface area (TPSA) is 69.0 Å². The number of hydrogen-bond acceptors (Lipinski definition) is 5. The lowest BCUT2D eigenvalue weighted by atomic mass is 10.0. The van der Waals surface area contributed by atoms with Crippen LogP contribution in [0.1, 0.15) is 17.5 Å². The summed E-state index contributed by atoms with van der Waals surface area (Å²) in [6.07, 6.45) is 0.482. The molecule has 0 fully saturated rings.